The first-order chi connectivity index (χ1) is 6.00. The summed E-state index contributed by atoms with van der Waals surface area (Å²) in [5, 5.41) is 1.88. The van der Waals surface area contributed by atoms with Gasteiger partial charge in [-0.25, -0.2) is 0 Å². The Labute approximate surface area is 82.7 Å². The second kappa shape index (κ2) is 7.10. The summed E-state index contributed by atoms with van der Waals surface area (Å²) in [6.45, 7) is 0. The molecule has 0 saturated heterocycles. The normalized spacial score (nSPS) is 17.3. The Morgan fingerprint density at radius 2 is 1.92 bits per heavy atom. The molecule has 0 bridgehead atoms. The van der Waals surface area contributed by atoms with E-state index in [0.29, 0.717) is 0 Å². The van der Waals surface area contributed by atoms with Crippen LogP contribution in [-0.2, 0) is 8.00 Å². The first-order valence-corrected chi connectivity index (χ1v) is 5.77. The van der Waals surface area contributed by atoms with Crippen molar-refractivity contribution >= 4 is 27.3 Å². The monoisotopic (exact) mass is 248 g/mol. The van der Waals surface area contributed by atoms with E-state index in [0.717, 1.165) is 0 Å². The fourth-order valence-corrected chi connectivity index (χ4v) is 1.51. The predicted molar refractivity (Wildman–Crippen MR) is 52.1 cm³/mol. The third-order valence-electron chi connectivity index (χ3n) is 0.870. The predicted octanol–water partition coefficient (Wildman–Crippen LogP) is 2.36. The Bertz CT molecular complexity index is 173. The number of rotatable bonds is 0. The second-order valence-corrected chi connectivity index (χ2v) is 3.73. The summed E-state index contributed by atoms with van der Waals surface area (Å²) in [5.41, 5.74) is 0. The van der Waals surface area contributed by atoms with Crippen LogP contribution in [0, 0.1) is 0 Å². The standard InChI is InChI=1S/C4H4OS.C4H4OSe/c2*1-2-4-6-5-3-1/h2*1-4H. The van der Waals surface area contributed by atoms with Crippen molar-refractivity contribution in [2.45, 2.75) is 0 Å². The van der Waals surface area contributed by atoms with Crippen molar-refractivity contribution in [2.75, 3.05) is 0 Å². The molecule has 0 spiro atoms. The Morgan fingerprint density at radius 1 is 1.00 bits per heavy atom. The van der Waals surface area contributed by atoms with Crippen LogP contribution in [0.4, 0.5) is 0 Å². The van der Waals surface area contributed by atoms with Crippen molar-refractivity contribution in [3.63, 3.8) is 0 Å². The molecule has 64 valence electrons. The average Bonchev–Trinajstić information content (AvgIpc) is 2.24. The van der Waals surface area contributed by atoms with Gasteiger partial charge in [-0.1, -0.05) is 0 Å². The molecule has 0 fully saturated rings. The topological polar surface area (TPSA) is 18.5 Å². The first-order valence-electron chi connectivity index (χ1n) is 3.28. The molecule has 0 aromatic heterocycles. The van der Waals surface area contributed by atoms with E-state index >= 15 is 0 Å². The van der Waals surface area contributed by atoms with Gasteiger partial charge >= 0.3 is 42.5 Å². The van der Waals surface area contributed by atoms with Gasteiger partial charge in [0.15, 0.2) is 0 Å². The molecule has 0 saturated carbocycles. The van der Waals surface area contributed by atoms with E-state index in [9.17, 15) is 0 Å². The summed E-state index contributed by atoms with van der Waals surface area (Å²) >= 11 is 1.61. The van der Waals surface area contributed by atoms with Gasteiger partial charge in [0.2, 0.25) is 0 Å². The van der Waals surface area contributed by atoms with Crippen LogP contribution in [0.1, 0.15) is 0 Å². The van der Waals surface area contributed by atoms with Crippen LogP contribution in [0.2, 0.25) is 0 Å². The molecule has 0 N–H and O–H groups in total. The molecular formula is C8H8O2SSe. The van der Waals surface area contributed by atoms with E-state index in [1.807, 2.05) is 34.7 Å². The van der Waals surface area contributed by atoms with Crippen LogP contribution in [0.15, 0.2) is 47.2 Å². The molecule has 2 aliphatic heterocycles. The van der Waals surface area contributed by atoms with Crippen molar-refractivity contribution in [1.82, 2.24) is 0 Å². The van der Waals surface area contributed by atoms with Gasteiger partial charge in [0.1, 0.15) is 6.26 Å². The van der Waals surface area contributed by atoms with Gasteiger partial charge in [-0.15, -0.1) is 0 Å². The quantitative estimate of drug-likeness (QED) is 0.483. The van der Waals surface area contributed by atoms with Crippen LogP contribution in [0.5, 0.6) is 0 Å². The van der Waals surface area contributed by atoms with Gasteiger partial charge in [-0.3, -0.25) is 0 Å². The zero-order chi connectivity index (χ0) is 8.49. The molecule has 4 heteroatoms. The summed E-state index contributed by atoms with van der Waals surface area (Å²) < 4.78 is 9.58. The zero-order valence-corrected chi connectivity index (χ0v) is 8.78. The molecule has 0 atom stereocenters. The van der Waals surface area contributed by atoms with Crippen LogP contribution < -0.4 is 0 Å². The van der Waals surface area contributed by atoms with Crippen LogP contribution >= 0.6 is 12.0 Å². The first kappa shape index (κ1) is 9.52. The molecule has 0 aromatic rings. The van der Waals surface area contributed by atoms with Crippen LogP contribution in [-0.4, -0.2) is 15.3 Å². The summed E-state index contributed by atoms with van der Waals surface area (Å²) in [6.07, 6.45) is 11.0. The third kappa shape index (κ3) is 5.13. The van der Waals surface area contributed by atoms with Gasteiger partial charge in [0.25, 0.3) is 0 Å². The minimum atomic E-state index is 0.286. The van der Waals surface area contributed by atoms with Crippen molar-refractivity contribution in [1.29, 1.82) is 0 Å². The zero-order valence-electron chi connectivity index (χ0n) is 6.25. The summed E-state index contributed by atoms with van der Waals surface area (Å²) in [6, 6.07) is 0. The van der Waals surface area contributed by atoms with E-state index < -0.39 is 0 Å². The van der Waals surface area contributed by atoms with E-state index in [2.05, 4.69) is 0 Å². The van der Waals surface area contributed by atoms with Gasteiger partial charge in [0.05, 0.1) is 12.0 Å². The molecule has 0 unspecified atom stereocenters. The van der Waals surface area contributed by atoms with Crippen LogP contribution in [0.3, 0.4) is 0 Å². The van der Waals surface area contributed by atoms with E-state index in [1.165, 1.54) is 12.0 Å². The average molecular weight is 247 g/mol. The molecule has 2 rings (SSSR count). The van der Waals surface area contributed by atoms with Crippen molar-refractivity contribution < 1.29 is 8.00 Å². The molecule has 2 heterocycles. The van der Waals surface area contributed by atoms with E-state index in [-0.39, 0.29) is 15.3 Å². The van der Waals surface area contributed by atoms with Gasteiger partial charge in [0, 0.05) is 5.41 Å². The fourth-order valence-electron chi connectivity index (χ4n) is 0.438. The van der Waals surface area contributed by atoms with E-state index in [4.69, 9.17) is 8.00 Å². The van der Waals surface area contributed by atoms with Gasteiger partial charge in [-0.05, 0) is 12.2 Å². The molecule has 0 aromatic carbocycles. The molecule has 0 aliphatic carbocycles. The second-order valence-electron chi connectivity index (χ2n) is 1.70. The van der Waals surface area contributed by atoms with Gasteiger partial charge in [-0.2, -0.15) is 0 Å². The van der Waals surface area contributed by atoms with Crippen molar-refractivity contribution in [3.8, 4) is 0 Å². The summed E-state index contributed by atoms with van der Waals surface area (Å²) in [7, 11) is 0. The Kier molecular flexibility index (Phi) is 5.63. The van der Waals surface area contributed by atoms with E-state index in [1.54, 1.807) is 12.5 Å². The van der Waals surface area contributed by atoms with Crippen molar-refractivity contribution in [3.05, 3.63) is 47.2 Å². The third-order valence-corrected chi connectivity index (χ3v) is 2.39. The molecule has 2 nitrogen and oxygen atoms in total. The summed E-state index contributed by atoms with van der Waals surface area (Å²) in [4.78, 5) is 2.02. The van der Waals surface area contributed by atoms with Crippen molar-refractivity contribution in [2.24, 2.45) is 0 Å². The number of allylic oxidation sites excluding steroid dienone is 4. The Morgan fingerprint density at radius 3 is 2.08 bits per heavy atom. The number of hydrogen-bond donors (Lipinski definition) is 0. The van der Waals surface area contributed by atoms with Gasteiger partial charge < -0.3 is 4.18 Å². The Hall–Kier alpha value is -0.571. The SMILES string of the molecule is C1=COSC=C1.C1=CO[Se]C=C1. The summed E-state index contributed by atoms with van der Waals surface area (Å²) in [5.74, 6) is 0. The minimum absolute atomic E-state index is 0.286. The fraction of sp³-hybridized carbons (Fsp3) is 0. The molecule has 0 amide bonds. The number of hydrogen-bond acceptors (Lipinski definition) is 3. The maximum absolute atomic E-state index is 4.86. The maximum atomic E-state index is 4.86. The van der Waals surface area contributed by atoms with Crippen LogP contribution in [0.25, 0.3) is 0 Å². The Balaban J connectivity index is 0.000000120. The molecule has 12 heavy (non-hydrogen) atoms. The molecular weight excluding hydrogens is 239 g/mol. The molecule has 2 aliphatic rings. The molecule has 0 radical (unpaired) electrons.